The number of unbranched alkanes of at least 4 members (excludes halogenated alkanes) is 2. The molecule has 96 valence electrons. The lowest BCUT2D eigenvalue weighted by atomic mass is 10.2. The number of nitrogens with zero attached hydrogens (tertiary/aromatic N) is 2. The Morgan fingerprint density at radius 3 is 2.24 bits per heavy atom. The minimum absolute atomic E-state index is 0.572. The second kappa shape index (κ2) is 8.48. The standard InChI is InChI=1S/C14H23ClN2/c1-3-5-9-17(10-6-4-2)12-13-7-8-14(15)16-11-13/h7-8,11H,3-6,9-10,12H2,1-2H3. The van der Waals surface area contributed by atoms with Crippen molar-refractivity contribution in [2.75, 3.05) is 13.1 Å². The van der Waals surface area contributed by atoms with E-state index < -0.39 is 0 Å². The fraction of sp³-hybridized carbons (Fsp3) is 0.643. The summed E-state index contributed by atoms with van der Waals surface area (Å²) in [5.41, 5.74) is 1.25. The molecule has 17 heavy (non-hydrogen) atoms. The minimum atomic E-state index is 0.572. The van der Waals surface area contributed by atoms with Crippen LogP contribution in [0.4, 0.5) is 0 Å². The Morgan fingerprint density at radius 1 is 1.12 bits per heavy atom. The average molecular weight is 255 g/mol. The molecule has 3 heteroatoms. The van der Waals surface area contributed by atoms with Gasteiger partial charge in [0.25, 0.3) is 0 Å². The third-order valence-electron chi connectivity index (χ3n) is 2.85. The van der Waals surface area contributed by atoms with Crippen LogP contribution in [0.2, 0.25) is 5.15 Å². The molecule has 0 radical (unpaired) electrons. The van der Waals surface area contributed by atoms with E-state index in [1.54, 1.807) is 0 Å². The van der Waals surface area contributed by atoms with Gasteiger partial charge in [-0.2, -0.15) is 0 Å². The maximum atomic E-state index is 5.79. The molecule has 1 heterocycles. The lowest BCUT2D eigenvalue weighted by Crippen LogP contribution is -2.25. The lowest BCUT2D eigenvalue weighted by molar-refractivity contribution is 0.257. The quantitative estimate of drug-likeness (QED) is 0.649. The van der Waals surface area contributed by atoms with Gasteiger partial charge in [-0.1, -0.05) is 44.4 Å². The van der Waals surface area contributed by atoms with Crippen LogP contribution in [0.1, 0.15) is 45.1 Å². The molecule has 1 rings (SSSR count). The minimum Gasteiger partial charge on any atom is -0.299 e. The maximum Gasteiger partial charge on any atom is 0.129 e. The van der Waals surface area contributed by atoms with Crippen LogP contribution in [0, 0.1) is 0 Å². The van der Waals surface area contributed by atoms with Crippen LogP contribution in [-0.4, -0.2) is 23.0 Å². The van der Waals surface area contributed by atoms with E-state index in [1.165, 1.54) is 44.3 Å². The van der Waals surface area contributed by atoms with Gasteiger partial charge in [-0.3, -0.25) is 4.90 Å². The molecular formula is C14H23ClN2. The van der Waals surface area contributed by atoms with Crippen molar-refractivity contribution in [3.63, 3.8) is 0 Å². The first kappa shape index (κ1) is 14.5. The van der Waals surface area contributed by atoms with Crippen molar-refractivity contribution in [1.82, 2.24) is 9.88 Å². The Balaban J connectivity index is 2.48. The molecule has 2 nitrogen and oxygen atoms in total. The zero-order valence-electron chi connectivity index (χ0n) is 11.0. The Hall–Kier alpha value is -0.600. The monoisotopic (exact) mass is 254 g/mol. The number of pyridine rings is 1. The number of hydrogen-bond acceptors (Lipinski definition) is 2. The first-order valence-corrected chi connectivity index (χ1v) is 6.96. The molecule has 1 aromatic rings. The first-order chi connectivity index (χ1) is 8.26. The molecule has 0 unspecified atom stereocenters. The van der Waals surface area contributed by atoms with E-state index in [0.717, 1.165) is 6.54 Å². The zero-order chi connectivity index (χ0) is 12.5. The molecule has 0 aliphatic rings. The van der Waals surface area contributed by atoms with Gasteiger partial charge in [0.1, 0.15) is 5.15 Å². The predicted molar refractivity (Wildman–Crippen MR) is 74.3 cm³/mol. The molecule has 0 bridgehead atoms. The molecule has 0 aromatic carbocycles. The smallest absolute Gasteiger partial charge is 0.129 e. The number of aromatic nitrogens is 1. The Kier molecular flexibility index (Phi) is 7.22. The van der Waals surface area contributed by atoms with Crippen LogP contribution in [0.5, 0.6) is 0 Å². The summed E-state index contributed by atoms with van der Waals surface area (Å²) >= 11 is 5.79. The number of hydrogen-bond donors (Lipinski definition) is 0. The normalized spacial score (nSPS) is 11.1. The van der Waals surface area contributed by atoms with E-state index in [9.17, 15) is 0 Å². The van der Waals surface area contributed by atoms with Gasteiger partial charge in [-0.05, 0) is 37.6 Å². The topological polar surface area (TPSA) is 16.1 Å². The zero-order valence-corrected chi connectivity index (χ0v) is 11.7. The third-order valence-corrected chi connectivity index (χ3v) is 3.07. The summed E-state index contributed by atoms with van der Waals surface area (Å²) in [7, 11) is 0. The summed E-state index contributed by atoms with van der Waals surface area (Å²) < 4.78 is 0. The average Bonchev–Trinajstić information content (AvgIpc) is 2.35. The van der Waals surface area contributed by atoms with Gasteiger partial charge >= 0.3 is 0 Å². The number of rotatable bonds is 8. The lowest BCUT2D eigenvalue weighted by Gasteiger charge is -2.21. The summed E-state index contributed by atoms with van der Waals surface area (Å²) in [4.78, 5) is 6.64. The highest BCUT2D eigenvalue weighted by Gasteiger charge is 2.05. The molecule has 1 aromatic heterocycles. The maximum absolute atomic E-state index is 5.79. The van der Waals surface area contributed by atoms with Gasteiger partial charge in [-0.15, -0.1) is 0 Å². The van der Waals surface area contributed by atoms with Crippen LogP contribution >= 0.6 is 11.6 Å². The van der Waals surface area contributed by atoms with Gasteiger partial charge in [-0.25, -0.2) is 4.98 Å². The van der Waals surface area contributed by atoms with E-state index in [4.69, 9.17) is 11.6 Å². The fourth-order valence-corrected chi connectivity index (χ4v) is 1.90. The van der Waals surface area contributed by atoms with E-state index in [-0.39, 0.29) is 0 Å². The van der Waals surface area contributed by atoms with Crippen molar-refractivity contribution in [3.05, 3.63) is 29.0 Å². The second-order valence-electron chi connectivity index (χ2n) is 4.47. The fourth-order valence-electron chi connectivity index (χ4n) is 1.79. The summed E-state index contributed by atoms with van der Waals surface area (Å²) in [6, 6.07) is 3.94. The molecule has 0 saturated heterocycles. The van der Waals surface area contributed by atoms with Crippen molar-refractivity contribution in [1.29, 1.82) is 0 Å². The highest BCUT2D eigenvalue weighted by molar-refractivity contribution is 6.29. The van der Waals surface area contributed by atoms with Crippen LogP contribution in [0.3, 0.4) is 0 Å². The molecule has 0 aliphatic heterocycles. The summed E-state index contributed by atoms with van der Waals surface area (Å²) in [6.45, 7) is 7.83. The van der Waals surface area contributed by atoms with Crippen molar-refractivity contribution >= 4 is 11.6 Å². The van der Waals surface area contributed by atoms with Gasteiger partial charge in [0.15, 0.2) is 0 Å². The molecule has 0 atom stereocenters. The van der Waals surface area contributed by atoms with Crippen LogP contribution in [0.25, 0.3) is 0 Å². The molecule has 0 aliphatic carbocycles. The molecule has 0 amide bonds. The van der Waals surface area contributed by atoms with E-state index >= 15 is 0 Å². The van der Waals surface area contributed by atoms with E-state index in [0.29, 0.717) is 5.15 Å². The SMILES string of the molecule is CCCCN(CCCC)Cc1ccc(Cl)nc1. The summed E-state index contributed by atoms with van der Waals surface area (Å²) in [5, 5.41) is 0.572. The van der Waals surface area contributed by atoms with Crippen molar-refractivity contribution < 1.29 is 0 Å². The van der Waals surface area contributed by atoms with Gasteiger partial charge in [0.05, 0.1) is 0 Å². The molecule has 0 fully saturated rings. The molecule has 0 N–H and O–H groups in total. The van der Waals surface area contributed by atoms with Crippen molar-refractivity contribution in [3.8, 4) is 0 Å². The van der Waals surface area contributed by atoms with Gasteiger partial charge in [0, 0.05) is 12.7 Å². The Labute approximate surface area is 110 Å². The highest BCUT2D eigenvalue weighted by atomic mass is 35.5. The first-order valence-electron chi connectivity index (χ1n) is 6.59. The van der Waals surface area contributed by atoms with Crippen molar-refractivity contribution in [2.24, 2.45) is 0 Å². The third kappa shape index (κ3) is 6.04. The van der Waals surface area contributed by atoms with E-state index in [1.807, 2.05) is 12.3 Å². The van der Waals surface area contributed by atoms with Gasteiger partial charge in [0.2, 0.25) is 0 Å². The molecule has 0 spiro atoms. The summed E-state index contributed by atoms with van der Waals surface area (Å²) in [6.07, 6.45) is 6.92. The Bertz CT molecular complexity index is 290. The second-order valence-corrected chi connectivity index (χ2v) is 4.86. The predicted octanol–water partition coefficient (Wildman–Crippen LogP) is 4.14. The van der Waals surface area contributed by atoms with Crippen LogP contribution in [-0.2, 0) is 6.54 Å². The highest BCUT2D eigenvalue weighted by Crippen LogP contribution is 2.09. The Morgan fingerprint density at radius 2 is 1.76 bits per heavy atom. The summed E-state index contributed by atoms with van der Waals surface area (Å²) in [5.74, 6) is 0. The molecular weight excluding hydrogens is 232 g/mol. The van der Waals surface area contributed by atoms with Crippen LogP contribution in [0.15, 0.2) is 18.3 Å². The molecule has 0 saturated carbocycles. The largest absolute Gasteiger partial charge is 0.299 e. The van der Waals surface area contributed by atoms with Gasteiger partial charge < -0.3 is 0 Å². The van der Waals surface area contributed by atoms with Crippen molar-refractivity contribution in [2.45, 2.75) is 46.1 Å². The van der Waals surface area contributed by atoms with E-state index in [2.05, 4.69) is 29.8 Å². The van der Waals surface area contributed by atoms with Crippen LogP contribution < -0.4 is 0 Å². The number of halogens is 1.